The van der Waals surface area contributed by atoms with Crippen LogP contribution in [0.5, 0.6) is 0 Å². The van der Waals surface area contributed by atoms with Gasteiger partial charge in [0, 0.05) is 29.7 Å². The molecular formula is C18H16N4O2. The summed E-state index contributed by atoms with van der Waals surface area (Å²) in [5, 5.41) is 10.9. The summed E-state index contributed by atoms with van der Waals surface area (Å²) >= 11 is 0. The molecule has 24 heavy (non-hydrogen) atoms. The van der Waals surface area contributed by atoms with Gasteiger partial charge in [-0.3, -0.25) is 9.89 Å². The van der Waals surface area contributed by atoms with Gasteiger partial charge in [0.1, 0.15) is 5.69 Å². The highest BCUT2D eigenvalue weighted by Gasteiger charge is 2.12. The zero-order chi connectivity index (χ0) is 16.4. The van der Waals surface area contributed by atoms with Gasteiger partial charge < -0.3 is 14.7 Å². The van der Waals surface area contributed by atoms with Gasteiger partial charge >= 0.3 is 0 Å². The fraction of sp³-hybridized carbons (Fsp3) is 0.111. The third-order valence-corrected chi connectivity index (χ3v) is 3.95. The van der Waals surface area contributed by atoms with Crippen LogP contribution in [0.2, 0.25) is 0 Å². The molecule has 0 saturated carbocycles. The number of hydrogen-bond donors (Lipinski definition) is 3. The van der Waals surface area contributed by atoms with E-state index in [-0.39, 0.29) is 5.91 Å². The number of para-hydroxylation sites is 1. The summed E-state index contributed by atoms with van der Waals surface area (Å²) in [6.07, 6.45) is 4.32. The van der Waals surface area contributed by atoms with E-state index in [1.807, 2.05) is 30.5 Å². The summed E-state index contributed by atoms with van der Waals surface area (Å²) in [4.78, 5) is 15.4. The van der Waals surface area contributed by atoms with Gasteiger partial charge in [-0.15, -0.1) is 0 Å². The SMILES string of the molecule is O=C(NCCc1c[nH]c2ccccc12)c1cc(-c2ccco2)[nH]n1. The van der Waals surface area contributed by atoms with Crippen molar-refractivity contribution in [2.24, 2.45) is 0 Å². The summed E-state index contributed by atoms with van der Waals surface area (Å²) in [5.41, 5.74) is 3.32. The molecule has 4 aromatic rings. The second kappa shape index (κ2) is 6.08. The molecule has 3 N–H and O–H groups in total. The largest absolute Gasteiger partial charge is 0.463 e. The number of amides is 1. The topological polar surface area (TPSA) is 86.7 Å². The van der Waals surface area contributed by atoms with Gasteiger partial charge in [-0.25, -0.2) is 0 Å². The fourth-order valence-electron chi connectivity index (χ4n) is 2.74. The van der Waals surface area contributed by atoms with E-state index in [1.165, 1.54) is 10.9 Å². The zero-order valence-electron chi connectivity index (χ0n) is 12.9. The minimum Gasteiger partial charge on any atom is -0.463 e. The van der Waals surface area contributed by atoms with Crippen molar-refractivity contribution in [3.63, 3.8) is 0 Å². The van der Waals surface area contributed by atoms with Crippen LogP contribution in [0.3, 0.4) is 0 Å². The Morgan fingerprint density at radius 3 is 3.00 bits per heavy atom. The van der Waals surface area contributed by atoms with Crippen LogP contribution in [0, 0.1) is 0 Å². The minimum atomic E-state index is -0.205. The lowest BCUT2D eigenvalue weighted by Crippen LogP contribution is -2.25. The number of furan rings is 1. The Morgan fingerprint density at radius 1 is 1.21 bits per heavy atom. The highest BCUT2D eigenvalue weighted by atomic mass is 16.3. The molecular weight excluding hydrogens is 304 g/mol. The van der Waals surface area contributed by atoms with E-state index in [2.05, 4.69) is 26.6 Å². The number of hydrogen-bond acceptors (Lipinski definition) is 3. The quantitative estimate of drug-likeness (QED) is 0.528. The number of benzene rings is 1. The van der Waals surface area contributed by atoms with Crippen LogP contribution < -0.4 is 5.32 Å². The van der Waals surface area contributed by atoms with Crippen LogP contribution in [0.4, 0.5) is 0 Å². The number of rotatable bonds is 5. The Kier molecular flexibility index (Phi) is 3.63. The lowest BCUT2D eigenvalue weighted by molar-refractivity contribution is 0.0949. The van der Waals surface area contributed by atoms with Gasteiger partial charge in [-0.05, 0) is 30.2 Å². The van der Waals surface area contributed by atoms with Gasteiger partial charge in [0.05, 0.1) is 6.26 Å². The summed E-state index contributed by atoms with van der Waals surface area (Å²) in [5.74, 6) is 0.448. The first-order valence-electron chi connectivity index (χ1n) is 7.74. The minimum absolute atomic E-state index is 0.205. The summed E-state index contributed by atoms with van der Waals surface area (Å²) < 4.78 is 5.28. The predicted molar refractivity (Wildman–Crippen MR) is 90.6 cm³/mol. The highest BCUT2D eigenvalue weighted by molar-refractivity contribution is 5.93. The molecule has 3 aromatic heterocycles. The first-order chi connectivity index (χ1) is 11.8. The van der Waals surface area contributed by atoms with E-state index in [9.17, 15) is 4.79 Å². The smallest absolute Gasteiger partial charge is 0.271 e. The van der Waals surface area contributed by atoms with Crippen molar-refractivity contribution >= 4 is 16.8 Å². The Bertz CT molecular complexity index is 966. The summed E-state index contributed by atoms with van der Waals surface area (Å²) in [6, 6.07) is 13.4. The molecule has 0 spiro atoms. The highest BCUT2D eigenvalue weighted by Crippen LogP contribution is 2.19. The molecule has 120 valence electrons. The number of nitrogens with zero attached hydrogens (tertiary/aromatic N) is 1. The van der Waals surface area contributed by atoms with Crippen molar-refractivity contribution in [3.8, 4) is 11.5 Å². The van der Waals surface area contributed by atoms with Crippen molar-refractivity contribution in [2.45, 2.75) is 6.42 Å². The lowest BCUT2D eigenvalue weighted by Gasteiger charge is -2.02. The number of nitrogens with one attached hydrogen (secondary N) is 3. The van der Waals surface area contributed by atoms with Gasteiger partial charge in [-0.1, -0.05) is 18.2 Å². The molecule has 0 atom stereocenters. The molecule has 1 aromatic carbocycles. The third kappa shape index (κ3) is 2.69. The van der Waals surface area contributed by atoms with Crippen molar-refractivity contribution in [2.75, 3.05) is 6.54 Å². The molecule has 3 heterocycles. The monoisotopic (exact) mass is 320 g/mol. The van der Waals surface area contributed by atoms with Crippen LogP contribution in [0.1, 0.15) is 16.1 Å². The van der Waals surface area contributed by atoms with E-state index in [0.29, 0.717) is 23.7 Å². The Morgan fingerprint density at radius 2 is 2.12 bits per heavy atom. The van der Waals surface area contributed by atoms with Crippen molar-refractivity contribution in [1.29, 1.82) is 0 Å². The number of carbonyl (C=O) groups excluding carboxylic acids is 1. The molecule has 1 amide bonds. The predicted octanol–water partition coefficient (Wildman–Crippen LogP) is 3.12. The van der Waals surface area contributed by atoms with E-state index in [4.69, 9.17) is 4.42 Å². The summed E-state index contributed by atoms with van der Waals surface area (Å²) in [7, 11) is 0. The Labute approximate surface area is 137 Å². The molecule has 0 unspecified atom stereocenters. The molecule has 0 saturated heterocycles. The van der Waals surface area contributed by atoms with Crippen LogP contribution in [-0.2, 0) is 6.42 Å². The first kappa shape index (κ1) is 14.3. The first-order valence-corrected chi connectivity index (χ1v) is 7.74. The normalized spacial score (nSPS) is 11.0. The zero-order valence-corrected chi connectivity index (χ0v) is 12.9. The number of fused-ring (bicyclic) bond motifs is 1. The number of aromatic amines is 2. The van der Waals surface area contributed by atoms with Gasteiger partial charge in [0.15, 0.2) is 11.5 Å². The molecule has 0 aliphatic heterocycles. The van der Waals surface area contributed by atoms with E-state index < -0.39 is 0 Å². The molecule has 0 aliphatic carbocycles. The van der Waals surface area contributed by atoms with Crippen molar-refractivity contribution < 1.29 is 9.21 Å². The summed E-state index contributed by atoms with van der Waals surface area (Å²) in [6.45, 7) is 0.545. The number of aromatic nitrogens is 3. The number of H-pyrrole nitrogens is 2. The molecule has 0 radical (unpaired) electrons. The van der Waals surface area contributed by atoms with Crippen LogP contribution >= 0.6 is 0 Å². The maximum absolute atomic E-state index is 12.2. The van der Waals surface area contributed by atoms with Gasteiger partial charge in [-0.2, -0.15) is 5.10 Å². The average molecular weight is 320 g/mol. The molecule has 0 fully saturated rings. The molecule has 0 aliphatic rings. The average Bonchev–Trinajstić information content (AvgIpc) is 3.35. The van der Waals surface area contributed by atoms with E-state index >= 15 is 0 Å². The molecule has 0 bridgehead atoms. The molecule has 6 nitrogen and oxygen atoms in total. The van der Waals surface area contributed by atoms with Crippen LogP contribution in [-0.4, -0.2) is 27.6 Å². The van der Waals surface area contributed by atoms with Crippen LogP contribution in [0.25, 0.3) is 22.4 Å². The van der Waals surface area contributed by atoms with Gasteiger partial charge in [0.25, 0.3) is 5.91 Å². The van der Waals surface area contributed by atoms with Gasteiger partial charge in [0.2, 0.25) is 0 Å². The maximum Gasteiger partial charge on any atom is 0.271 e. The molecule has 4 rings (SSSR count). The van der Waals surface area contributed by atoms with Crippen molar-refractivity contribution in [1.82, 2.24) is 20.5 Å². The van der Waals surface area contributed by atoms with Crippen molar-refractivity contribution in [3.05, 3.63) is 66.2 Å². The second-order valence-electron chi connectivity index (χ2n) is 5.51. The second-order valence-corrected chi connectivity index (χ2v) is 5.51. The maximum atomic E-state index is 12.2. The standard InChI is InChI=1S/C18H16N4O2/c23-18(16-10-15(21-22-16)17-6-3-9-24-17)19-8-7-12-11-20-14-5-2-1-4-13(12)14/h1-6,9-11,20H,7-8H2,(H,19,23)(H,21,22). The van der Waals surface area contributed by atoms with E-state index in [0.717, 1.165) is 11.9 Å². The third-order valence-electron chi connectivity index (χ3n) is 3.95. The molecule has 6 heteroatoms. The Balaban J connectivity index is 1.38. The van der Waals surface area contributed by atoms with E-state index in [1.54, 1.807) is 18.4 Å². The number of carbonyl (C=O) groups is 1. The lowest BCUT2D eigenvalue weighted by atomic mass is 10.1. The fourth-order valence-corrected chi connectivity index (χ4v) is 2.74. The Hall–Kier alpha value is -3.28. The van der Waals surface area contributed by atoms with Crippen LogP contribution in [0.15, 0.2) is 59.3 Å².